The second kappa shape index (κ2) is 19.9. The van der Waals surface area contributed by atoms with Crippen LogP contribution in [0.1, 0.15) is 274 Å². The van der Waals surface area contributed by atoms with Gasteiger partial charge in [0.1, 0.15) is 0 Å². The van der Waals surface area contributed by atoms with Crippen LogP contribution in [0.5, 0.6) is 0 Å². The highest BCUT2D eigenvalue weighted by Crippen LogP contribution is 2.59. The lowest BCUT2D eigenvalue weighted by atomic mass is 9.35. The van der Waals surface area contributed by atoms with Crippen LogP contribution in [-0.4, -0.2) is 6.71 Å². The molecule has 5 heteroatoms. The number of hydrogen-bond donors (Lipinski definition) is 0. The quantitative estimate of drug-likeness (QED) is 0.159. The van der Waals surface area contributed by atoms with Gasteiger partial charge in [-0.15, -0.1) is 11.3 Å². The molecule has 15 rings (SSSR count). The molecule has 1 saturated carbocycles. The van der Waals surface area contributed by atoms with Crippen molar-refractivity contribution in [2.24, 2.45) is 22.7 Å². The summed E-state index contributed by atoms with van der Waals surface area (Å²) in [6.07, 6.45) is 19.8. The molecule has 2 unspecified atom stereocenters. The normalized spacial score (nSPS) is 24.5. The molecular formula is C88H110BN3S. The standard InChI is InChI=1S/C88H110BN3S/c1-78(2,3)53-44-72-75-73(45-53)92(55-26-24-54(25-27-55)90(56-28-31-60-63(46-56)82(10,11)37-34-79(60,4)5)57-29-32-61-64(47-57)83(12,13)38-35-80(61,6)7)76-59-49-66-69(88(22,23)43-40-85(66,16)17)52-74(59)93-77(76)89(75)70-50-67-68(87(20,21)42-41-86(67,18)19)51-71(70)91(72)58-30-33-62-65(48-58)84(14,15)39-36-81(62,8)9/h24-33,44-52,60,63H,34-43H2,1-23H3. The summed E-state index contributed by atoms with van der Waals surface area (Å²) in [4.78, 5) is 8.21. The van der Waals surface area contributed by atoms with E-state index in [4.69, 9.17) is 0 Å². The number of anilines is 8. The third-order valence-corrected chi connectivity index (χ3v) is 27.9. The lowest BCUT2D eigenvalue weighted by Gasteiger charge is -2.52. The smallest absolute Gasteiger partial charge is 0.264 e. The summed E-state index contributed by atoms with van der Waals surface area (Å²) in [5, 5.41) is 1.39. The zero-order chi connectivity index (χ0) is 66.5. The van der Waals surface area contributed by atoms with Crippen molar-refractivity contribution in [2.45, 2.75) is 272 Å². The molecule has 0 N–H and O–H groups in total. The van der Waals surface area contributed by atoms with Crippen LogP contribution in [0, 0.1) is 22.7 Å². The molecule has 8 aliphatic rings. The molecule has 7 aromatic rings. The first-order valence-corrected chi connectivity index (χ1v) is 37.1. The highest BCUT2D eigenvalue weighted by atomic mass is 32.1. The third kappa shape index (κ3) is 9.61. The Bertz CT molecular complexity index is 4360. The molecule has 93 heavy (non-hydrogen) atoms. The van der Waals surface area contributed by atoms with Gasteiger partial charge in [-0.1, -0.05) is 190 Å². The fraction of sp³-hybridized carbons (Fsp3) is 0.523. The molecule has 0 spiro atoms. The summed E-state index contributed by atoms with van der Waals surface area (Å²) in [5.41, 5.74) is 28.8. The molecule has 3 heterocycles. The summed E-state index contributed by atoms with van der Waals surface area (Å²) in [5.74, 6) is 0.919. The van der Waals surface area contributed by atoms with Crippen molar-refractivity contribution in [1.29, 1.82) is 0 Å². The molecule has 1 aromatic heterocycles. The Morgan fingerprint density at radius 1 is 0.419 bits per heavy atom. The SMILES string of the molecule is CC(C)(C)c1cc2c3c(c1)N(c1ccc(N(C4=CC5C(C=C4)C(C)(C)CCC5(C)C)c4ccc5c(c4)C(C)(C)CCC5(C)C)cc1)c1c(sc4cc5c(cc14)C(C)(C)CCC5(C)C)B3c1cc3c(cc1N2c1ccc2c(c1)C(C)(C)CCC2(C)C)C(C)(C)CCC3(C)C. The zero-order valence-electron chi connectivity index (χ0n) is 61.5. The fourth-order valence-electron chi connectivity index (χ4n) is 19.5. The van der Waals surface area contributed by atoms with E-state index in [0.29, 0.717) is 11.8 Å². The zero-order valence-corrected chi connectivity index (χ0v) is 62.3. The van der Waals surface area contributed by atoms with Gasteiger partial charge in [-0.3, -0.25) is 0 Å². The highest BCUT2D eigenvalue weighted by molar-refractivity contribution is 7.33. The van der Waals surface area contributed by atoms with Crippen molar-refractivity contribution in [1.82, 2.24) is 0 Å². The van der Waals surface area contributed by atoms with Crippen LogP contribution in [0.3, 0.4) is 0 Å². The van der Waals surface area contributed by atoms with Gasteiger partial charge < -0.3 is 14.7 Å². The van der Waals surface area contributed by atoms with Gasteiger partial charge in [-0.25, -0.2) is 0 Å². The number of nitrogens with zero attached hydrogens (tertiary/aromatic N) is 3. The molecule has 0 amide bonds. The Labute approximate surface area is 566 Å². The van der Waals surface area contributed by atoms with Gasteiger partial charge in [0.15, 0.2) is 0 Å². The largest absolute Gasteiger partial charge is 0.311 e. The molecule has 0 radical (unpaired) electrons. The number of thiophene rings is 1. The molecule has 486 valence electrons. The van der Waals surface area contributed by atoms with E-state index < -0.39 is 0 Å². The third-order valence-electron chi connectivity index (χ3n) is 26.7. The predicted octanol–water partition coefficient (Wildman–Crippen LogP) is 23.3. The Morgan fingerprint density at radius 2 is 0.860 bits per heavy atom. The summed E-state index contributed by atoms with van der Waals surface area (Å²) in [6, 6.07) is 41.4. The van der Waals surface area contributed by atoms with Crippen LogP contribution in [0.4, 0.5) is 45.5 Å². The van der Waals surface area contributed by atoms with Crippen LogP contribution >= 0.6 is 11.3 Å². The Balaban J connectivity index is 1.01. The molecular weight excluding hydrogens is 1140 g/mol. The fourth-order valence-corrected chi connectivity index (χ4v) is 20.8. The first kappa shape index (κ1) is 63.3. The second-order valence-corrected chi connectivity index (χ2v) is 39.9. The van der Waals surface area contributed by atoms with E-state index in [9.17, 15) is 0 Å². The van der Waals surface area contributed by atoms with Crippen molar-refractivity contribution in [3.8, 4) is 0 Å². The van der Waals surface area contributed by atoms with Gasteiger partial charge in [-0.05, 0) is 282 Å². The van der Waals surface area contributed by atoms with Gasteiger partial charge in [-0.2, -0.15) is 0 Å². The van der Waals surface area contributed by atoms with Gasteiger partial charge >= 0.3 is 0 Å². The van der Waals surface area contributed by atoms with E-state index in [0.717, 1.165) is 0 Å². The van der Waals surface area contributed by atoms with Gasteiger partial charge in [0.2, 0.25) is 0 Å². The number of allylic oxidation sites excluding steroid dienone is 3. The van der Waals surface area contributed by atoms with Crippen molar-refractivity contribution >= 4 is 89.3 Å². The van der Waals surface area contributed by atoms with Crippen molar-refractivity contribution in [2.75, 3.05) is 14.7 Å². The van der Waals surface area contributed by atoms with Gasteiger partial charge in [0, 0.05) is 60.4 Å². The van der Waals surface area contributed by atoms with Crippen LogP contribution in [-0.2, 0) is 48.7 Å². The average molecular weight is 1250 g/mol. The molecule has 2 atom stereocenters. The maximum atomic E-state index is 2.79. The topological polar surface area (TPSA) is 9.72 Å². The summed E-state index contributed by atoms with van der Waals surface area (Å²) >= 11 is 2.10. The molecule has 1 fully saturated rings. The van der Waals surface area contributed by atoms with E-state index in [1.807, 2.05) is 0 Å². The van der Waals surface area contributed by atoms with E-state index in [2.05, 4.69) is 301 Å². The van der Waals surface area contributed by atoms with E-state index >= 15 is 0 Å². The molecule has 0 bridgehead atoms. The lowest BCUT2D eigenvalue weighted by molar-refractivity contribution is 0.0326. The minimum absolute atomic E-state index is 0.0203. The maximum Gasteiger partial charge on any atom is 0.264 e. The Hall–Kier alpha value is -5.78. The molecule has 2 aliphatic heterocycles. The average Bonchev–Trinajstić information content (AvgIpc) is 1.67. The second-order valence-electron chi connectivity index (χ2n) is 38.8. The molecule has 3 nitrogen and oxygen atoms in total. The minimum atomic E-state index is -0.153. The number of rotatable bonds is 5. The number of fused-ring (bicyclic) bond motifs is 11. The van der Waals surface area contributed by atoms with Crippen LogP contribution in [0.25, 0.3) is 10.1 Å². The first-order chi connectivity index (χ1) is 43.1. The van der Waals surface area contributed by atoms with E-state index in [1.165, 1.54) is 191 Å². The van der Waals surface area contributed by atoms with E-state index in [-0.39, 0.29) is 66.3 Å². The lowest BCUT2D eigenvalue weighted by Crippen LogP contribution is -2.61. The van der Waals surface area contributed by atoms with E-state index in [1.54, 1.807) is 0 Å². The van der Waals surface area contributed by atoms with Crippen LogP contribution < -0.4 is 30.4 Å². The Morgan fingerprint density at radius 3 is 1.41 bits per heavy atom. The van der Waals surface area contributed by atoms with Gasteiger partial charge in [0.25, 0.3) is 6.71 Å². The highest BCUT2D eigenvalue weighted by Gasteiger charge is 2.52. The van der Waals surface area contributed by atoms with Crippen molar-refractivity contribution in [3.63, 3.8) is 0 Å². The number of hydrogen-bond acceptors (Lipinski definition) is 4. The molecule has 6 aliphatic carbocycles. The summed E-state index contributed by atoms with van der Waals surface area (Å²) in [7, 11) is 0. The molecule has 0 saturated heterocycles. The van der Waals surface area contributed by atoms with Crippen LogP contribution in [0.2, 0.25) is 0 Å². The van der Waals surface area contributed by atoms with Crippen molar-refractivity contribution < 1.29 is 0 Å². The summed E-state index contributed by atoms with van der Waals surface area (Å²) in [6.45, 7) is 57.5. The molecule has 6 aromatic carbocycles. The minimum Gasteiger partial charge on any atom is -0.311 e. The Kier molecular flexibility index (Phi) is 13.6. The number of benzene rings is 6. The van der Waals surface area contributed by atoms with Crippen LogP contribution in [0.15, 0.2) is 121 Å². The summed E-state index contributed by atoms with van der Waals surface area (Å²) < 4.78 is 2.88. The van der Waals surface area contributed by atoms with Gasteiger partial charge in [0.05, 0.1) is 5.69 Å². The van der Waals surface area contributed by atoms with Crippen molar-refractivity contribution in [3.05, 3.63) is 171 Å². The first-order valence-electron chi connectivity index (χ1n) is 36.3. The monoisotopic (exact) mass is 1250 g/mol. The maximum absolute atomic E-state index is 2.79. The predicted molar refractivity (Wildman–Crippen MR) is 405 cm³/mol.